The van der Waals surface area contributed by atoms with Gasteiger partial charge in [0.25, 0.3) is 0 Å². The van der Waals surface area contributed by atoms with E-state index in [0.29, 0.717) is 24.3 Å². The monoisotopic (exact) mass is 366 g/mol. The van der Waals surface area contributed by atoms with Crippen molar-refractivity contribution in [3.8, 4) is 0 Å². The topological polar surface area (TPSA) is 75.7 Å². The number of rotatable bonds is 5. The summed E-state index contributed by atoms with van der Waals surface area (Å²) in [5.41, 5.74) is 3.12. The summed E-state index contributed by atoms with van der Waals surface area (Å²) in [5.74, 6) is -1.15. The normalized spacial score (nSPS) is 16.3. The minimum atomic E-state index is -0.462. The van der Waals surface area contributed by atoms with Crippen LogP contribution in [-0.4, -0.2) is 31.4 Å². The number of nitrogens with one attached hydrogen (secondary N) is 1. The molecule has 1 aliphatic heterocycles. The Hall–Kier alpha value is -3.15. The van der Waals surface area contributed by atoms with Crippen LogP contribution in [0.5, 0.6) is 0 Å². The fourth-order valence-corrected chi connectivity index (χ4v) is 3.21. The Morgan fingerprint density at radius 3 is 2.70 bits per heavy atom. The molecule has 2 aromatic carbocycles. The highest BCUT2D eigenvalue weighted by Crippen LogP contribution is 2.26. The van der Waals surface area contributed by atoms with Crippen LogP contribution in [-0.2, 0) is 20.9 Å². The molecule has 0 aliphatic carbocycles. The van der Waals surface area contributed by atoms with Crippen LogP contribution < -0.4 is 10.2 Å². The lowest BCUT2D eigenvalue weighted by Gasteiger charge is -2.17. The van der Waals surface area contributed by atoms with E-state index < -0.39 is 11.9 Å². The number of hydrogen-bond donors (Lipinski definition) is 1. The zero-order chi connectivity index (χ0) is 19.4. The van der Waals surface area contributed by atoms with Gasteiger partial charge in [0.1, 0.15) is 0 Å². The third-order valence-corrected chi connectivity index (χ3v) is 4.62. The Balaban J connectivity index is 1.64. The van der Waals surface area contributed by atoms with Gasteiger partial charge in [-0.05, 0) is 30.7 Å². The second kappa shape index (κ2) is 8.03. The largest absolute Gasteiger partial charge is 0.465 e. The maximum atomic E-state index is 12.5. The molecule has 1 unspecified atom stereocenters. The van der Waals surface area contributed by atoms with Gasteiger partial charge in [-0.1, -0.05) is 35.9 Å². The van der Waals surface area contributed by atoms with E-state index in [-0.39, 0.29) is 18.2 Å². The number of amides is 2. The van der Waals surface area contributed by atoms with E-state index in [4.69, 9.17) is 4.74 Å². The number of hydrogen-bond acceptors (Lipinski definition) is 4. The van der Waals surface area contributed by atoms with E-state index in [2.05, 4.69) is 5.32 Å². The number of nitrogens with zero attached hydrogens (tertiary/aromatic N) is 1. The van der Waals surface area contributed by atoms with Gasteiger partial charge in [-0.25, -0.2) is 4.79 Å². The molecule has 27 heavy (non-hydrogen) atoms. The molecule has 6 heteroatoms. The summed E-state index contributed by atoms with van der Waals surface area (Å²) in [5, 5.41) is 2.91. The van der Waals surface area contributed by atoms with E-state index in [9.17, 15) is 14.4 Å². The first-order chi connectivity index (χ1) is 13.0. The predicted molar refractivity (Wildman–Crippen MR) is 101 cm³/mol. The number of anilines is 1. The van der Waals surface area contributed by atoms with Crippen molar-refractivity contribution < 1.29 is 19.1 Å². The number of methoxy groups -OCH3 is 1. The summed E-state index contributed by atoms with van der Waals surface area (Å²) >= 11 is 0. The Kier molecular flexibility index (Phi) is 5.54. The van der Waals surface area contributed by atoms with Crippen molar-refractivity contribution in [1.29, 1.82) is 0 Å². The highest BCUT2D eigenvalue weighted by atomic mass is 16.5. The van der Waals surface area contributed by atoms with E-state index in [0.717, 1.165) is 11.1 Å². The molecule has 0 aromatic heterocycles. The number of benzene rings is 2. The first kappa shape index (κ1) is 18.6. The van der Waals surface area contributed by atoms with E-state index in [1.54, 1.807) is 29.2 Å². The maximum Gasteiger partial charge on any atom is 0.337 e. The summed E-state index contributed by atoms with van der Waals surface area (Å²) in [4.78, 5) is 38.1. The van der Waals surface area contributed by atoms with Crippen molar-refractivity contribution in [2.24, 2.45) is 5.92 Å². The van der Waals surface area contributed by atoms with Gasteiger partial charge in [-0.15, -0.1) is 0 Å². The van der Waals surface area contributed by atoms with Gasteiger partial charge in [0, 0.05) is 25.2 Å². The highest BCUT2D eigenvalue weighted by Gasteiger charge is 2.35. The minimum absolute atomic E-state index is 0.132. The fourth-order valence-electron chi connectivity index (χ4n) is 3.21. The molecule has 0 saturated carbocycles. The van der Waals surface area contributed by atoms with Crippen LogP contribution in [0.2, 0.25) is 0 Å². The van der Waals surface area contributed by atoms with Gasteiger partial charge in [0.2, 0.25) is 11.8 Å². The minimum Gasteiger partial charge on any atom is -0.465 e. The van der Waals surface area contributed by atoms with Gasteiger partial charge >= 0.3 is 5.97 Å². The van der Waals surface area contributed by atoms with Crippen LogP contribution in [0.1, 0.15) is 27.9 Å². The van der Waals surface area contributed by atoms with Crippen LogP contribution in [0.4, 0.5) is 5.69 Å². The quantitative estimate of drug-likeness (QED) is 0.825. The summed E-state index contributed by atoms with van der Waals surface area (Å²) < 4.78 is 4.72. The zero-order valence-corrected chi connectivity index (χ0v) is 15.4. The second-order valence-electron chi connectivity index (χ2n) is 6.65. The summed E-state index contributed by atoms with van der Waals surface area (Å²) in [7, 11) is 1.31. The Morgan fingerprint density at radius 1 is 1.19 bits per heavy atom. The molecule has 0 bridgehead atoms. The van der Waals surface area contributed by atoms with Crippen molar-refractivity contribution in [3.05, 3.63) is 65.2 Å². The third kappa shape index (κ3) is 4.34. The molecule has 1 saturated heterocycles. The third-order valence-electron chi connectivity index (χ3n) is 4.62. The van der Waals surface area contributed by atoms with Crippen LogP contribution in [0.3, 0.4) is 0 Å². The van der Waals surface area contributed by atoms with Gasteiger partial charge in [-0.3, -0.25) is 9.59 Å². The molecule has 2 aromatic rings. The van der Waals surface area contributed by atoms with E-state index in [1.165, 1.54) is 7.11 Å². The molecular weight excluding hydrogens is 344 g/mol. The molecular formula is C21H22N2O4. The molecule has 0 radical (unpaired) electrons. The summed E-state index contributed by atoms with van der Waals surface area (Å²) in [6, 6.07) is 14.6. The summed E-state index contributed by atoms with van der Waals surface area (Å²) in [6.45, 7) is 2.73. The molecule has 0 spiro atoms. The molecule has 1 aliphatic rings. The fraction of sp³-hybridized carbons (Fsp3) is 0.286. The molecule has 1 N–H and O–H groups in total. The lowest BCUT2D eigenvalue weighted by molar-refractivity contribution is -0.126. The van der Waals surface area contributed by atoms with Gasteiger partial charge in [0.05, 0.1) is 18.6 Å². The molecule has 140 valence electrons. The first-order valence-corrected chi connectivity index (χ1v) is 8.80. The Morgan fingerprint density at radius 2 is 1.96 bits per heavy atom. The van der Waals surface area contributed by atoms with Crippen LogP contribution in [0.15, 0.2) is 48.5 Å². The van der Waals surface area contributed by atoms with Crippen molar-refractivity contribution >= 4 is 23.5 Å². The molecule has 6 nitrogen and oxygen atoms in total. The SMILES string of the molecule is COC(=O)c1cccc(N2CC(C(=O)NCc3cccc(C)c3)CC2=O)c1. The average molecular weight is 366 g/mol. The zero-order valence-electron chi connectivity index (χ0n) is 15.4. The van der Waals surface area contributed by atoms with E-state index in [1.807, 2.05) is 31.2 Å². The average Bonchev–Trinajstić information content (AvgIpc) is 3.07. The lowest BCUT2D eigenvalue weighted by atomic mass is 10.1. The van der Waals surface area contributed by atoms with Gasteiger partial charge in [-0.2, -0.15) is 0 Å². The predicted octanol–water partition coefficient (Wildman–Crippen LogP) is 2.45. The first-order valence-electron chi connectivity index (χ1n) is 8.80. The standard InChI is InChI=1S/C21H22N2O4/c1-14-5-3-6-15(9-14)12-22-20(25)17-11-19(24)23(13-17)18-8-4-7-16(10-18)21(26)27-2/h3-10,17H,11-13H2,1-2H3,(H,22,25). The summed E-state index contributed by atoms with van der Waals surface area (Å²) in [6.07, 6.45) is 0.155. The van der Waals surface area contributed by atoms with Gasteiger partial charge in [0.15, 0.2) is 0 Å². The maximum absolute atomic E-state index is 12.5. The van der Waals surface area contributed by atoms with Crippen LogP contribution in [0, 0.1) is 12.8 Å². The highest BCUT2D eigenvalue weighted by molar-refractivity contribution is 6.01. The van der Waals surface area contributed by atoms with Crippen LogP contribution in [0.25, 0.3) is 0 Å². The Bertz CT molecular complexity index is 878. The van der Waals surface area contributed by atoms with E-state index >= 15 is 0 Å². The lowest BCUT2D eigenvalue weighted by Crippen LogP contribution is -2.32. The number of carbonyl (C=O) groups excluding carboxylic acids is 3. The smallest absolute Gasteiger partial charge is 0.337 e. The number of ether oxygens (including phenoxy) is 1. The molecule has 1 fully saturated rings. The van der Waals surface area contributed by atoms with Gasteiger partial charge < -0.3 is 15.0 Å². The van der Waals surface area contributed by atoms with Crippen LogP contribution >= 0.6 is 0 Å². The number of esters is 1. The van der Waals surface area contributed by atoms with Crippen molar-refractivity contribution in [2.45, 2.75) is 19.9 Å². The Labute approximate surface area is 158 Å². The van der Waals surface area contributed by atoms with Crippen molar-refractivity contribution in [2.75, 3.05) is 18.6 Å². The molecule has 1 heterocycles. The molecule has 3 rings (SSSR count). The molecule has 2 amide bonds. The van der Waals surface area contributed by atoms with Crippen molar-refractivity contribution in [1.82, 2.24) is 5.32 Å². The van der Waals surface area contributed by atoms with Crippen molar-refractivity contribution in [3.63, 3.8) is 0 Å². The number of carbonyl (C=O) groups is 3. The second-order valence-corrected chi connectivity index (χ2v) is 6.65. The number of aryl methyl sites for hydroxylation is 1. The molecule has 1 atom stereocenters.